The predicted octanol–water partition coefficient (Wildman–Crippen LogP) is 1.95. The molecule has 1 aliphatic rings. The van der Waals surface area contributed by atoms with Gasteiger partial charge < -0.3 is 5.11 Å². The normalized spacial score (nSPS) is 25.9. The number of aliphatic hydroxyl groups excluding tert-OH is 1. The molecule has 1 aromatic heterocycles. The van der Waals surface area contributed by atoms with Crippen molar-refractivity contribution in [3.63, 3.8) is 0 Å². The smallest absolute Gasteiger partial charge is 0.0850 e. The van der Waals surface area contributed by atoms with Gasteiger partial charge in [-0.1, -0.05) is 31.4 Å². The molecule has 4 heteroatoms. The van der Waals surface area contributed by atoms with E-state index in [2.05, 4.69) is 17.2 Å². The molecule has 0 saturated heterocycles. The fourth-order valence-electron chi connectivity index (χ4n) is 2.72. The van der Waals surface area contributed by atoms with E-state index in [9.17, 15) is 0 Å². The van der Waals surface area contributed by atoms with E-state index in [1.807, 2.05) is 10.9 Å². The summed E-state index contributed by atoms with van der Waals surface area (Å²) in [5, 5.41) is 17.2. The highest BCUT2D eigenvalue weighted by Gasteiger charge is 2.25. The lowest BCUT2D eigenvalue weighted by atomic mass is 9.83. The summed E-state index contributed by atoms with van der Waals surface area (Å²) >= 11 is 0. The topological polar surface area (TPSA) is 50.9 Å². The number of rotatable bonds is 4. The highest BCUT2D eigenvalue weighted by molar-refractivity contribution is 4.94. The van der Waals surface area contributed by atoms with E-state index >= 15 is 0 Å². The molecule has 16 heavy (non-hydrogen) atoms. The van der Waals surface area contributed by atoms with Crippen LogP contribution in [0.2, 0.25) is 0 Å². The van der Waals surface area contributed by atoms with E-state index in [-0.39, 0.29) is 6.61 Å². The zero-order valence-corrected chi connectivity index (χ0v) is 9.97. The zero-order chi connectivity index (χ0) is 11.4. The van der Waals surface area contributed by atoms with E-state index in [0.29, 0.717) is 12.5 Å². The van der Waals surface area contributed by atoms with Crippen molar-refractivity contribution in [3.8, 4) is 0 Å². The number of hydrogen-bond acceptors (Lipinski definition) is 3. The van der Waals surface area contributed by atoms with Gasteiger partial charge in [0.05, 0.1) is 11.7 Å². The van der Waals surface area contributed by atoms with Crippen LogP contribution in [0, 0.1) is 5.92 Å². The van der Waals surface area contributed by atoms with E-state index in [1.165, 1.54) is 32.1 Å². The maximum Gasteiger partial charge on any atom is 0.0850 e. The first-order chi connectivity index (χ1) is 7.85. The highest BCUT2D eigenvalue weighted by atomic mass is 16.3. The van der Waals surface area contributed by atoms with Crippen LogP contribution in [0.25, 0.3) is 0 Å². The number of aliphatic hydroxyl groups is 1. The minimum Gasteiger partial charge on any atom is -0.396 e. The molecule has 0 amide bonds. The Morgan fingerprint density at radius 1 is 1.44 bits per heavy atom. The molecular formula is C12H21N3O. The summed E-state index contributed by atoms with van der Waals surface area (Å²) in [6.07, 6.45) is 9.04. The number of aromatic nitrogens is 3. The fourth-order valence-corrected chi connectivity index (χ4v) is 2.72. The summed E-state index contributed by atoms with van der Waals surface area (Å²) in [5.74, 6) is 0.748. The average Bonchev–Trinajstić information content (AvgIpc) is 2.78. The maximum absolute atomic E-state index is 8.86. The van der Waals surface area contributed by atoms with Crippen LogP contribution >= 0.6 is 0 Å². The molecule has 0 bridgehead atoms. The Morgan fingerprint density at radius 2 is 2.25 bits per heavy atom. The van der Waals surface area contributed by atoms with Crippen molar-refractivity contribution < 1.29 is 5.11 Å². The van der Waals surface area contributed by atoms with E-state index in [0.717, 1.165) is 11.6 Å². The highest BCUT2D eigenvalue weighted by Crippen LogP contribution is 2.35. The number of hydrogen-bond donors (Lipinski definition) is 1. The lowest BCUT2D eigenvalue weighted by Crippen LogP contribution is -2.23. The van der Waals surface area contributed by atoms with Gasteiger partial charge in [-0.2, -0.15) is 0 Å². The predicted molar refractivity (Wildman–Crippen MR) is 62.1 cm³/mol. The summed E-state index contributed by atoms with van der Waals surface area (Å²) in [6.45, 7) is 2.41. The molecule has 1 fully saturated rings. The summed E-state index contributed by atoms with van der Waals surface area (Å²) in [4.78, 5) is 0. The van der Waals surface area contributed by atoms with Gasteiger partial charge in [-0.15, -0.1) is 5.10 Å². The van der Waals surface area contributed by atoms with Gasteiger partial charge in [0.1, 0.15) is 0 Å². The van der Waals surface area contributed by atoms with Crippen LogP contribution in [0.4, 0.5) is 0 Å². The van der Waals surface area contributed by atoms with Crippen molar-refractivity contribution in [2.45, 2.75) is 51.5 Å². The molecule has 0 spiro atoms. The third-order valence-electron chi connectivity index (χ3n) is 3.66. The second-order valence-electron chi connectivity index (χ2n) is 4.68. The Bertz CT molecular complexity index is 324. The molecule has 1 saturated carbocycles. The summed E-state index contributed by atoms with van der Waals surface area (Å²) in [7, 11) is 0. The molecular weight excluding hydrogens is 202 g/mol. The molecule has 1 N–H and O–H groups in total. The lowest BCUT2D eigenvalue weighted by molar-refractivity contribution is 0.214. The van der Waals surface area contributed by atoms with Crippen molar-refractivity contribution in [3.05, 3.63) is 11.9 Å². The third kappa shape index (κ3) is 2.43. The van der Waals surface area contributed by atoms with E-state index < -0.39 is 0 Å². The van der Waals surface area contributed by atoms with Crippen molar-refractivity contribution in [1.29, 1.82) is 0 Å². The van der Waals surface area contributed by atoms with Crippen LogP contribution in [-0.4, -0.2) is 26.7 Å². The second kappa shape index (κ2) is 5.43. The monoisotopic (exact) mass is 223 g/mol. The summed E-state index contributed by atoms with van der Waals surface area (Å²) in [5.41, 5.74) is 0.905. The Morgan fingerprint density at radius 3 is 3.00 bits per heavy atom. The summed E-state index contributed by atoms with van der Waals surface area (Å²) < 4.78 is 2.03. The molecule has 1 heterocycles. The van der Waals surface area contributed by atoms with Crippen LogP contribution in [0.1, 0.15) is 50.8 Å². The van der Waals surface area contributed by atoms with Crippen LogP contribution in [-0.2, 0) is 6.42 Å². The van der Waals surface area contributed by atoms with Gasteiger partial charge in [0.2, 0.25) is 0 Å². The molecule has 1 aromatic rings. The van der Waals surface area contributed by atoms with Crippen molar-refractivity contribution in [1.82, 2.24) is 15.0 Å². The first-order valence-corrected chi connectivity index (χ1v) is 6.36. The van der Waals surface area contributed by atoms with Gasteiger partial charge in [-0.3, -0.25) is 0 Å². The van der Waals surface area contributed by atoms with Gasteiger partial charge in [-0.05, 0) is 18.8 Å². The quantitative estimate of drug-likeness (QED) is 0.848. The van der Waals surface area contributed by atoms with Gasteiger partial charge in [0.15, 0.2) is 0 Å². The Labute approximate surface area is 96.7 Å². The minimum absolute atomic E-state index is 0.153. The van der Waals surface area contributed by atoms with Crippen molar-refractivity contribution in [2.24, 2.45) is 5.92 Å². The average molecular weight is 223 g/mol. The first-order valence-electron chi connectivity index (χ1n) is 6.36. The Balaban J connectivity index is 2.08. The van der Waals surface area contributed by atoms with Crippen LogP contribution in [0.5, 0.6) is 0 Å². The Kier molecular flexibility index (Phi) is 3.93. The van der Waals surface area contributed by atoms with Gasteiger partial charge in [0, 0.05) is 19.2 Å². The van der Waals surface area contributed by atoms with Gasteiger partial charge >= 0.3 is 0 Å². The van der Waals surface area contributed by atoms with Crippen LogP contribution in [0.15, 0.2) is 6.20 Å². The SMILES string of the molecule is CCC1CCCCC1n1cc(CCO)nn1. The maximum atomic E-state index is 8.86. The van der Waals surface area contributed by atoms with E-state index in [1.54, 1.807) is 0 Å². The molecule has 2 unspecified atom stereocenters. The molecule has 1 aliphatic carbocycles. The van der Waals surface area contributed by atoms with Crippen molar-refractivity contribution in [2.75, 3.05) is 6.61 Å². The molecule has 2 rings (SSSR count). The zero-order valence-electron chi connectivity index (χ0n) is 9.97. The molecule has 90 valence electrons. The van der Waals surface area contributed by atoms with Gasteiger partial charge in [-0.25, -0.2) is 4.68 Å². The van der Waals surface area contributed by atoms with E-state index in [4.69, 9.17) is 5.11 Å². The minimum atomic E-state index is 0.153. The standard InChI is InChI=1S/C12H21N3O/c1-2-10-5-3-4-6-12(10)15-9-11(7-8-16)13-14-15/h9-10,12,16H,2-8H2,1H3. The number of nitrogens with zero attached hydrogens (tertiary/aromatic N) is 3. The lowest BCUT2D eigenvalue weighted by Gasteiger charge is -2.30. The largest absolute Gasteiger partial charge is 0.396 e. The van der Waals surface area contributed by atoms with Gasteiger partial charge in [0.25, 0.3) is 0 Å². The molecule has 0 aliphatic heterocycles. The third-order valence-corrected chi connectivity index (χ3v) is 3.66. The molecule has 0 radical (unpaired) electrons. The fraction of sp³-hybridized carbons (Fsp3) is 0.833. The molecule has 2 atom stereocenters. The summed E-state index contributed by atoms with van der Waals surface area (Å²) in [6, 6.07) is 0.527. The first kappa shape index (κ1) is 11.6. The molecule has 4 nitrogen and oxygen atoms in total. The Hall–Kier alpha value is -0.900. The van der Waals surface area contributed by atoms with Crippen LogP contribution < -0.4 is 0 Å². The second-order valence-corrected chi connectivity index (χ2v) is 4.68. The van der Waals surface area contributed by atoms with Crippen molar-refractivity contribution >= 4 is 0 Å². The molecule has 0 aromatic carbocycles. The van der Waals surface area contributed by atoms with Crippen LogP contribution in [0.3, 0.4) is 0 Å².